The van der Waals surface area contributed by atoms with Crippen molar-refractivity contribution in [2.24, 2.45) is 0 Å². The second-order valence-corrected chi connectivity index (χ2v) is 4.61. The molecule has 8 heteroatoms. The summed E-state index contributed by atoms with van der Waals surface area (Å²) in [6.07, 6.45) is -4.63. The lowest BCUT2D eigenvalue weighted by atomic mass is 10.1. The van der Waals surface area contributed by atoms with Crippen molar-refractivity contribution >= 4 is 46.4 Å². The molecule has 1 rings (SSSR count). The van der Waals surface area contributed by atoms with Gasteiger partial charge in [0.1, 0.15) is 10.7 Å². The first kappa shape index (κ1) is 15.4. The Morgan fingerprint density at radius 2 is 1.94 bits per heavy atom. The molecule has 0 unspecified atom stereocenters. The molecule has 1 aromatic rings. The van der Waals surface area contributed by atoms with E-state index in [0.717, 1.165) is 12.1 Å². The molecule has 1 N–H and O–H groups in total. The summed E-state index contributed by atoms with van der Waals surface area (Å²) in [5.74, 6) is -1.25. The van der Waals surface area contributed by atoms with Gasteiger partial charge in [-0.2, -0.15) is 13.2 Å². The van der Waals surface area contributed by atoms with Gasteiger partial charge in [0.2, 0.25) is 5.91 Å². The van der Waals surface area contributed by atoms with Crippen molar-refractivity contribution in [3.63, 3.8) is 0 Å². The van der Waals surface area contributed by atoms with Crippen molar-refractivity contribution in [1.29, 1.82) is 0 Å². The summed E-state index contributed by atoms with van der Waals surface area (Å²) < 4.78 is 38.3. The smallest absolute Gasteiger partial charge is 0.324 e. The maximum atomic E-state index is 12.8. The summed E-state index contributed by atoms with van der Waals surface area (Å²) in [5.41, 5.74) is -1.53. The Hall–Kier alpha value is -0.650. The fraction of sp³-hybridized carbons (Fsp3) is 0.300. The third-order valence-corrected chi connectivity index (χ3v) is 2.74. The molecule has 0 aromatic heterocycles. The highest BCUT2D eigenvalue weighted by molar-refractivity contribution is 6.44. The van der Waals surface area contributed by atoms with Gasteiger partial charge in [-0.3, -0.25) is 4.79 Å². The Labute approximate surface area is 116 Å². The van der Waals surface area contributed by atoms with Gasteiger partial charge in [0.15, 0.2) is 0 Å². The van der Waals surface area contributed by atoms with Crippen LogP contribution in [0.1, 0.15) is 16.0 Å². The molecule has 1 amide bonds. The summed E-state index contributed by atoms with van der Waals surface area (Å²) in [4.78, 5) is 9.94. The molecule has 0 saturated heterocycles. The minimum absolute atomic E-state index is 0.0355. The van der Waals surface area contributed by atoms with Crippen LogP contribution >= 0.6 is 34.8 Å². The average molecular weight is 321 g/mol. The van der Waals surface area contributed by atoms with E-state index in [2.05, 4.69) is 5.32 Å². The number of benzene rings is 1. The number of hydrogen-bond donors (Lipinski definition) is 1. The van der Waals surface area contributed by atoms with E-state index in [1.54, 1.807) is 0 Å². The molecule has 18 heavy (non-hydrogen) atoms. The summed E-state index contributed by atoms with van der Waals surface area (Å²) in [6.45, 7) is 0. The highest BCUT2D eigenvalue weighted by atomic mass is 35.5. The lowest BCUT2D eigenvalue weighted by molar-refractivity contribution is -0.137. The molecule has 0 heterocycles. The van der Waals surface area contributed by atoms with Crippen molar-refractivity contribution in [2.45, 2.75) is 11.0 Å². The standard InChI is InChI=1S/C10H7Cl3F3NO/c11-4-7(18)17-8-5(9(12)13)2-1-3-6(8)10(14,15)16/h1-3,9H,4H2,(H,17,18). The topological polar surface area (TPSA) is 29.1 Å². The maximum absolute atomic E-state index is 12.8. The Bertz CT molecular complexity index is 448. The van der Waals surface area contributed by atoms with E-state index >= 15 is 0 Å². The summed E-state index contributed by atoms with van der Waals surface area (Å²) in [6, 6.07) is 3.28. The van der Waals surface area contributed by atoms with Gasteiger partial charge in [-0.1, -0.05) is 35.3 Å². The first-order valence-corrected chi connectivity index (χ1v) is 6.02. The number of carbonyl (C=O) groups excluding carboxylic acids is 1. The molecule has 0 spiro atoms. The number of alkyl halides is 6. The monoisotopic (exact) mass is 319 g/mol. The molecule has 2 nitrogen and oxygen atoms in total. The number of amides is 1. The van der Waals surface area contributed by atoms with E-state index < -0.39 is 34.1 Å². The molecule has 0 radical (unpaired) electrons. The fourth-order valence-corrected chi connectivity index (χ4v) is 1.73. The van der Waals surface area contributed by atoms with Gasteiger partial charge < -0.3 is 5.32 Å². The van der Waals surface area contributed by atoms with E-state index in [0.29, 0.717) is 0 Å². The fourth-order valence-electron chi connectivity index (χ4n) is 1.30. The Balaban J connectivity index is 3.34. The van der Waals surface area contributed by atoms with Crippen molar-refractivity contribution in [3.8, 4) is 0 Å². The summed E-state index contributed by atoms with van der Waals surface area (Å²) in [5, 5.41) is 2.06. The Morgan fingerprint density at radius 3 is 2.39 bits per heavy atom. The summed E-state index contributed by atoms with van der Waals surface area (Å²) >= 11 is 16.4. The molecule has 0 bridgehead atoms. The van der Waals surface area contributed by atoms with Gasteiger partial charge in [-0.15, -0.1) is 11.6 Å². The molecule has 0 aliphatic carbocycles. The molecule has 0 fully saturated rings. The molecule has 100 valence electrons. The van der Waals surface area contributed by atoms with Crippen molar-refractivity contribution in [2.75, 3.05) is 11.2 Å². The predicted molar refractivity (Wildman–Crippen MR) is 65.2 cm³/mol. The zero-order chi connectivity index (χ0) is 13.9. The number of rotatable bonds is 3. The zero-order valence-corrected chi connectivity index (χ0v) is 11.0. The molecular weight excluding hydrogens is 313 g/mol. The van der Waals surface area contributed by atoms with Crippen molar-refractivity contribution < 1.29 is 18.0 Å². The largest absolute Gasteiger partial charge is 0.418 e. The number of nitrogens with one attached hydrogen (secondary N) is 1. The minimum Gasteiger partial charge on any atom is -0.324 e. The van der Waals surface area contributed by atoms with Crippen LogP contribution in [0.15, 0.2) is 18.2 Å². The number of para-hydroxylation sites is 1. The van der Waals surface area contributed by atoms with Crippen LogP contribution in [-0.4, -0.2) is 11.8 Å². The van der Waals surface area contributed by atoms with E-state index in [9.17, 15) is 18.0 Å². The van der Waals surface area contributed by atoms with E-state index in [1.807, 2.05) is 0 Å². The van der Waals surface area contributed by atoms with Gasteiger partial charge in [0.05, 0.1) is 11.3 Å². The van der Waals surface area contributed by atoms with Gasteiger partial charge in [0.25, 0.3) is 0 Å². The van der Waals surface area contributed by atoms with Gasteiger partial charge in [0, 0.05) is 5.56 Å². The number of halogens is 6. The maximum Gasteiger partial charge on any atom is 0.418 e. The molecule has 0 saturated carbocycles. The van der Waals surface area contributed by atoms with E-state index in [4.69, 9.17) is 34.8 Å². The lowest BCUT2D eigenvalue weighted by Gasteiger charge is -2.17. The normalized spacial score (nSPS) is 11.7. The highest BCUT2D eigenvalue weighted by Crippen LogP contribution is 2.40. The lowest BCUT2D eigenvalue weighted by Crippen LogP contribution is -2.19. The summed E-state index contributed by atoms with van der Waals surface area (Å²) in [7, 11) is 0. The van der Waals surface area contributed by atoms with Crippen LogP contribution in [0.5, 0.6) is 0 Å². The van der Waals surface area contributed by atoms with Crippen LogP contribution in [0.4, 0.5) is 18.9 Å². The van der Waals surface area contributed by atoms with Crippen molar-refractivity contribution in [1.82, 2.24) is 0 Å². The molecule has 0 aliphatic rings. The SMILES string of the molecule is O=C(CCl)Nc1c(C(Cl)Cl)cccc1C(F)(F)F. The highest BCUT2D eigenvalue weighted by Gasteiger charge is 2.35. The van der Waals surface area contributed by atoms with E-state index in [1.165, 1.54) is 6.07 Å². The quantitative estimate of drug-likeness (QED) is 0.824. The number of hydrogen-bond acceptors (Lipinski definition) is 1. The third-order valence-electron chi connectivity index (χ3n) is 2.02. The second kappa shape index (κ2) is 5.99. The van der Waals surface area contributed by atoms with Gasteiger partial charge >= 0.3 is 6.18 Å². The van der Waals surface area contributed by atoms with Crippen LogP contribution in [-0.2, 0) is 11.0 Å². The third kappa shape index (κ3) is 3.67. The van der Waals surface area contributed by atoms with Gasteiger partial charge in [-0.05, 0) is 6.07 Å². The Morgan fingerprint density at radius 1 is 1.33 bits per heavy atom. The molecule has 1 aromatic carbocycles. The predicted octanol–water partition coefficient (Wildman–Crippen LogP) is 4.36. The first-order chi connectivity index (χ1) is 8.27. The Kier molecular flexibility index (Phi) is 5.13. The van der Waals surface area contributed by atoms with Crippen LogP contribution in [0.25, 0.3) is 0 Å². The molecule has 0 aliphatic heterocycles. The zero-order valence-electron chi connectivity index (χ0n) is 8.69. The number of anilines is 1. The molecular formula is C10H7Cl3F3NO. The van der Waals surface area contributed by atoms with E-state index in [-0.39, 0.29) is 5.56 Å². The van der Waals surface area contributed by atoms with Crippen molar-refractivity contribution in [3.05, 3.63) is 29.3 Å². The van der Waals surface area contributed by atoms with Crippen LogP contribution in [0, 0.1) is 0 Å². The van der Waals surface area contributed by atoms with Crippen LogP contribution < -0.4 is 5.32 Å². The first-order valence-electron chi connectivity index (χ1n) is 4.61. The average Bonchev–Trinajstić information content (AvgIpc) is 2.27. The van der Waals surface area contributed by atoms with Gasteiger partial charge in [-0.25, -0.2) is 0 Å². The molecule has 0 atom stereocenters. The number of carbonyl (C=O) groups is 1. The minimum atomic E-state index is -4.63. The van der Waals surface area contributed by atoms with Crippen LogP contribution in [0.2, 0.25) is 0 Å². The van der Waals surface area contributed by atoms with Crippen LogP contribution in [0.3, 0.4) is 0 Å². The second-order valence-electron chi connectivity index (χ2n) is 3.25.